The van der Waals surface area contributed by atoms with E-state index in [9.17, 15) is 9.59 Å². The lowest BCUT2D eigenvalue weighted by molar-refractivity contribution is -0.154. The lowest BCUT2D eigenvalue weighted by Crippen LogP contribution is -2.38. The van der Waals surface area contributed by atoms with Crippen LogP contribution in [0, 0.1) is 6.92 Å². The van der Waals surface area contributed by atoms with Crippen molar-refractivity contribution in [3.63, 3.8) is 0 Å². The fourth-order valence-corrected chi connectivity index (χ4v) is 2.91. The van der Waals surface area contributed by atoms with E-state index in [0.717, 1.165) is 9.88 Å². The number of hydrogen-bond donors (Lipinski definition) is 1. The van der Waals surface area contributed by atoms with E-state index >= 15 is 0 Å². The van der Waals surface area contributed by atoms with Gasteiger partial charge in [0.1, 0.15) is 6.10 Å². The molecule has 0 saturated carbocycles. The van der Waals surface area contributed by atoms with Crippen LogP contribution in [-0.4, -0.2) is 52.7 Å². The second-order valence-corrected chi connectivity index (χ2v) is 6.22. The third-order valence-corrected chi connectivity index (χ3v) is 4.25. The number of ether oxygens (including phenoxy) is 1. The van der Waals surface area contributed by atoms with Gasteiger partial charge >= 0.3 is 5.97 Å². The molecule has 7 heteroatoms. The third kappa shape index (κ3) is 3.55. The van der Waals surface area contributed by atoms with E-state index in [1.807, 2.05) is 13.1 Å². The summed E-state index contributed by atoms with van der Waals surface area (Å²) >= 11 is 1.62. The summed E-state index contributed by atoms with van der Waals surface area (Å²) in [7, 11) is 1.71. The highest BCUT2D eigenvalue weighted by atomic mass is 32.1. The van der Waals surface area contributed by atoms with E-state index in [2.05, 4.69) is 4.98 Å². The van der Waals surface area contributed by atoms with Crippen LogP contribution in [0.4, 0.5) is 0 Å². The normalized spacial score (nSPS) is 21.9. The summed E-state index contributed by atoms with van der Waals surface area (Å²) in [5.74, 6) is -1.15. The fourth-order valence-electron chi connectivity index (χ4n) is 2.14. The van der Waals surface area contributed by atoms with Crippen LogP contribution in [0.15, 0.2) is 6.20 Å². The number of thiazole rings is 1. The van der Waals surface area contributed by atoms with Crippen molar-refractivity contribution in [2.24, 2.45) is 0 Å². The number of nitrogens with zero attached hydrogens (tertiary/aromatic N) is 2. The molecule has 0 spiro atoms. The van der Waals surface area contributed by atoms with Gasteiger partial charge in [-0.15, -0.1) is 11.3 Å². The summed E-state index contributed by atoms with van der Waals surface area (Å²) < 4.78 is 5.26. The first-order chi connectivity index (χ1) is 9.47. The van der Waals surface area contributed by atoms with Crippen molar-refractivity contribution in [1.29, 1.82) is 0 Å². The first kappa shape index (κ1) is 14.9. The smallest absolute Gasteiger partial charge is 0.332 e. The van der Waals surface area contributed by atoms with E-state index in [1.54, 1.807) is 23.3 Å². The average Bonchev–Trinajstić information content (AvgIpc) is 3.03. The van der Waals surface area contributed by atoms with Crippen molar-refractivity contribution in [3.8, 4) is 0 Å². The Kier molecular flexibility index (Phi) is 4.72. The Balaban J connectivity index is 1.82. The molecule has 1 N–H and O–H groups in total. The number of likely N-dealkylation sites (N-methyl/N-ethyl adjacent to an activating group) is 1. The predicted molar refractivity (Wildman–Crippen MR) is 73.7 cm³/mol. The number of aryl methyl sites for hydroxylation is 1. The SMILES string of the molecule is Cc1cnc(CCN(C)C(=O)[C@@H]2CC[C@H](C(=O)O)O2)s1. The fraction of sp³-hybridized carbons (Fsp3) is 0.615. The van der Waals surface area contributed by atoms with Crippen LogP contribution in [0.3, 0.4) is 0 Å². The lowest BCUT2D eigenvalue weighted by atomic mass is 10.2. The molecular weight excluding hydrogens is 280 g/mol. The predicted octanol–water partition coefficient (Wildman–Crippen LogP) is 1.08. The van der Waals surface area contributed by atoms with Gasteiger partial charge in [-0.05, 0) is 19.8 Å². The Morgan fingerprint density at radius 2 is 2.20 bits per heavy atom. The highest BCUT2D eigenvalue weighted by molar-refractivity contribution is 7.11. The molecule has 110 valence electrons. The molecule has 0 radical (unpaired) electrons. The molecule has 2 heterocycles. The minimum Gasteiger partial charge on any atom is -0.479 e. The molecule has 6 nitrogen and oxygen atoms in total. The number of hydrogen-bond acceptors (Lipinski definition) is 5. The largest absolute Gasteiger partial charge is 0.479 e. The second-order valence-electron chi connectivity index (χ2n) is 4.90. The second kappa shape index (κ2) is 6.32. The van der Waals surface area contributed by atoms with E-state index in [-0.39, 0.29) is 5.91 Å². The maximum absolute atomic E-state index is 12.1. The maximum atomic E-state index is 12.1. The van der Waals surface area contributed by atoms with E-state index in [0.29, 0.717) is 25.8 Å². The molecule has 20 heavy (non-hydrogen) atoms. The van der Waals surface area contributed by atoms with Gasteiger partial charge in [0, 0.05) is 31.1 Å². The van der Waals surface area contributed by atoms with Crippen LogP contribution in [0.1, 0.15) is 22.7 Å². The molecule has 1 aliphatic heterocycles. The van der Waals surface area contributed by atoms with Gasteiger partial charge in [0.05, 0.1) is 5.01 Å². The minimum atomic E-state index is -0.999. The Morgan fingerprint density at radius 3 is 2.75 bits per heavy atom. The number of carboxylic acid groups (broad SMARTS) is 1. The van der Waals surface area contributed by atoms with Crippen LogP contribution in [0.5, 0.6) is 0 Å². The summed E-state index contributed by atoms with van der Waals surface area (Å²) in [5.41, 5.74) is 0. The van der Waals surface area contributed by atoms with Crippen molar-refractivity contribution in [2.75, 3.05) is 13.6 Å². The molecule has 2 atom stereocenters. The van der Waals surface area contributed by atoms with Crippen molar-refractivity contribution < 1.29 is 19.4 Å². The molecule has 1 aromatic heterocycles. The van der Waals surface area contributed by atoms with Crippen molar-refractivity contribution in [2.45, 2.75) is 38.4 Å². The first-order valence-corrected chi connectivity index (χ1v) is 7.33. The van der Waals surface area contributed by atoms with Gasteiger partial charge in [0.25, 0.3) is 5.91 Å². The zero-order valence-corrected chi connectivity index (χ0v) is 12.4. The van der Waals surface area contributed by atoms with Gasteiger partial charge in [-0.3, -0.25) is 4.79 Å². The standard InChI is InChI=1S/C13H18N2O4S/c1-8-7-14-11(20-8)5-6-15(2)12(16)9-3-4-10(19-9)13(17)18/h7,9-10H,3-6H2,1-2H3,(H,17,18)/t9-,10+/m0/s1. The monoisotopic (exact) mass is 298 g/mol. The molecule has 1 saturated heterocycles. The van der Waals surface area contributed by atoms with E-state index in [1.165, 1.54) is 0 Å². The number of carbonyl (C=O) groups is 2. The molecule has 0 aromatic carbocycles. The minimum absolute atomic E-state index is 0.151. The van der Waals surface area contributed by atoms with Crippen molar-refractivity contribution in [3.05, 3.63) is 16.1 Å². The Bertz CT molecular complexity index is 502. The molecule has 1 aliphatic rings. The number of carboxylic acids is 1. The molecule has 1 aromatic rings. The summed E-state index contributed by atoms with van der Waals surface area (Å²) in [6, 6.07) is 0. The van der Waals surface area contributed by atoms with E-state index < -0.39 is 18.2 Å². The molecule has 1 fully saturated rings. The van der Waals surface area contributed by atoms with Gasteiger partial charge in [0.15, 0.2) is 6.10 Å². The van der Waals surface area contributed by atoms with Crippen molar-refractivity contribution in [1.82, 2.24) is 9.88 Å². The first-order valence-electron chi connectivity index (χ1n) is 6.52. The highest BCUT2D eigenvalue weighted by Gasteiger charge is 2.35. The Hall–Kier alpha value is -1.47. The zero-order valence-electron chi connectivity index (χ0n) is 11.5. The van der Waals surface area contributed by atoms with E-state index in [4.69, 9.17) is 9.84 Å². The molecule has 0 bridgehead atoms. The van der Waals surface area contributed by atoms with Gasteiger partial charge in [-0.1, -0.05) is 0 Å². The number of rotatable bonds is 5. The Morgan fingerprint density at radius 1 is 1.50 bits per heavy atom. The average molecular weight is 298 g/mol. The van der Waals surface area contributed by atoms with Gasteiger partial charge in [-0.2, -0.15) is 0 Å². The number of amides is 1. The van der Waals surface area contributed by atoms with Crippen LogP contribution >= 0.6 is 11.3 Å². The van der Waals surface area contributed by atoms with Crippen LogP contribution in [-0.2, 0) is 20.7 Å². The van der Waals surface area contributed by atoms with Crippen molar-refractivity contribution >= 4 is 23.2 Å². The summed E-state index contributed by atoms with van der Waals surface area (Å²) in [4.78, 5) is 29.9. The molecule has 1 amide bonds. The molecule has 2 rings (SSSR count). The van der Waals surface area contributed by atoms with Crippen LogP contribution < -0.4 is 0 Å². The number of aliphatic carboxylic acids is 1. The summed E-state index contributed by atoms with van der Waals surface area (Å²) in [6.07, 6.45) is 1.91. The maximum Gasteiger partial charge on any atom is 0.332 e. The summed E-state index contributed by atoms with van der Waals surface area (Å²) in [6.45, 7) is 2.55. The third-order valence-electron chi connectivity index (χ3n) is 3.28. The van der Waals surface area contributed by atoms with Crippen LogP contribution in [0.25, 0.3) is 0 Å². The molecular formula is C13H18N2O4S. The van der Waals surface area contributed by atoms with Gasteiger partial charge < -0.3 is 14.7 Å². The number of carbonyl (C=O) groups excluding carboxylic acids is 1. The highest BCUT2D eigenvalue weighted by Crippen LogP contribution is 2.21. The zero-order chi connectivity index (χ0) is 14.7. The molecule has 0 aliphatic carbocycles. The quantitative estimate of drug-likeness (QED) is 0.880. The van der Waals surface area contributed by atoms with Gasteiger partial charge in [0.2, 0.25) is 0 Å². The summed E-state index contributed by atoms with van der Waals surface area (Å²) in [5, 5.41) is 9.85. The number of aromatic nitrogens is 1. The Labute approximate surface area is 121 Å². The van der Waals surface area contributed by atoms with Gasteiger partial charge in [-0.25, -0.2) is 9.78 Å². The lowest BCUT2D eigenvalue weighted by Gasteiger charge is -2.20. The van der Waals surface area contributed by atoms with Crippen LogP contribution in [0.2, 0.25) is 0 Å². The molecule has 0 unspecified atom stereocenters. The topological polar surface area (TPSA) is 79.7 Å².